The van der Waals surface area contributed by atoms with E-state index in [1.54, 1.807) is 17.0 Å². The van der Waals surface area contributed by atoms with Gasteiger partial charge in [-0.3, -0.25) is 14.3 Å². The van der Waals surface area contributed by atoms with Crippen LogP contribution in [0.2, 0.25) is 10.0 Å². The van der Waals surface area contributed by atoms with Crippen LogP contribution in [0.15, 0.2) is 29.1 Å². The van der Waals surface area contributed by atoms with Gasteiger partial charge in [0.05, 0.1) is 21.1 Å². The van der Waals surface area contributed by atoms with Gasteiger partial charge in [0.25, 0.3) is 5.91 Å². The number of ether oxygens (including phenoxy) is 1. The van der Waals surface area contributed by atoms with E-state index < -0.39 is 12.2 Å². The average Bonchev–Trinajstić information content (AvgIpc) is 3.46. The molecule has 4 aliphatic rings. The van der Waals surface area contributed by atoms with Crippen LogP contribution in [-0.4, -0.2) is 101 Å². The molecular weight excluding hydrogens is 651 g/mol. The molecule has 2 amide bonds. The normalized spacial score (nSPS) is 20.2. The number of imidazole rings is 1. The SMILES string of the molecule is Cc1cc(Cl)c(Cl)cc1C[C@@H](OC(=O)N1CCC(n2c(=O)[nH]c3c4c(ccc32)=CCCC=4)CC1)C(=O)N1CCN(C2CCNCC2)CC1. The number of carbonyl (C=O) groups excluding carboxylic acids is 2. The van der Waals surface area contributed by atoms with Gasteiger partial charge in [-0.15, -0.1) is 0 Å². The van der Waals surface area contributed by atoms with Crippen LogP contribution in [0.3, 0.4) is 0 Å². The highest BCUT2D eigenvalue weighted by atomic mass is 35.5. The fourth-order valence-corrected chi connectivity index (χ4v) is 8.34. The van der Waals surface area contributed by atoms with Gasteiger partial charge in [0, 0.05) is 63.0 Å². The van der Waals surface area contributed by atoms with Crippen molar-refractivity contribution in [2.24, 2.45) is 0 Å². The fraction of sp³-hybridized carbons (Fsp3) is 0.528. The number of benzene rings is 2. The number of aromatic nitrogens is 2. The monoisotopic (exact) mass is 694 g/mol. The molecule has 2 N–H and O–H groups in total. The van der Waals surface area contributed by atoms with Crippen LogP contribution in [0.5, 0.6) is 0 Å². The highest BCUT2D eigenvalue weighted by Crippen LogP contribution is 2.28. The molecule has 0 bridgehead atoms. The molecular formula is C36H44Cl2N6O4. The number of likely N-dealkylation sites (tertiary alicyclic amines) is 1. The van der Waals surface area contributed by atoms with E-state index in [-0.39, 0.29) is 24.1 Å². The number of piperidine rings is 2. The van der Waals surface area contributed by atoms with Crippen LogP contribution in [-0.2, 0) is 16.0 Å². The van der Waals surface area contributed by atoms with Crippen molar-refractivity contribution in [3.63, 3.8) is 0 Å². The predicted octanol–water partition coefficient (Wildman–Crippen LogP) is 3.58. The molecule has 0 radical (unpaired) electrons. The van der Waals surface area contributed by atoms with Crippen molar-refractivity contribution in [2.75, 3.05) is 52.4 Å². The number of H-pyrrole nitrogens is 1. The van der Waals surface area contributed by atoms with E-state index in [2.05, 4.69) is 33.4 Å². The van der Waals surface area contributed by atoms with Gasteiger partial charge in [0.2, 0.25) is 0 Å². The third-order valence-electron chi connectivity index (χ3n) is 10.7. The third-order valence-corrected chi connectivity index (χ3v) is 11.4. The third kappa shape index (κ3) is 6.77. The maximum Gasteiger partial charge on any atom is 0.410 e. The van der Waals surface area contributed by atoms with Gasteiger partial charge in [0.15, 0.2) is 6.10 Å². The number of rotatable bonds is 6. The molecule has 0 spiro atoms. The number of nitrogens with one attached hydrogen (secondary N) is 2. The first-order valence-corrected chi connectivity index (χ1v) is 18.1. The van der Waals surface area contributed by atoms with E-state index >= 15 is 0 Å². The van der Waals surface area contributed by atoms with E-state index in [0.29, 0.717) is 55.1 Å². The number of carbonyl (C=O) groups is 2. The van der Waals surface area contributed by atoms with Crippen LogP contribution in [0.1, 0.15) is 55.7 Å². The van der Waals surface area contributed by atoms with Gasteiger partial charge >= 0.3 is 11.8 Å². The van der Waals surface area contributed by atoms with E-state index in [1.165, 1.54) is 0 Å². The molecule has 0 saturated carbocycles. The summed E-state index contributed by atoms with van der Waals surface area (Å²) in [5, 5.41) is 6.52. The topological polar surface area (TPSA) is 103 Å². The Morgan fingerprint density at radius 2 is 1.60 bits per heavy atom. The molecule has 1 aromatic heterocycles. The number of hydrogen-bond acceptors (Lipinski definition) is 6. The molecule has 4 heterocycles. The van der Waals surface area contributed by atoms with Crippen molar-refractivity contribution >= 4 is 58.4 Å². The molecule has 1 aliphatic carbocycles. The molecule has 7 rings (SSSR count). The molecule has 3 fully saturated rings. The maximum atomic E-state index is 14.0. The van der Waals surface area contributed by atoms with Crippen molar-refractivity contribution in [3.05, 3.63) is 66.4 Å². The second-order valence-corrected chi connectivity index (χ2v) is 14.4. The van der Waals surface area contributed by atoms with Gasteiger partial charge < -0.3 is 24.8 Å². The van der Waals surface area contributed by atoms with Crippen LogP contribution in [0.4, 0.5) is 4.79 Å². The first kappa shape index (κ1) is 33.2. The smallest absolute Gasteiger partial charge is 0.410 e. The summed E-state index contributed by atoms with van der Waals surface area (Å²) in [5.74, 6) is -0.184. The Bertz CT molecular complexity index is 1870. The minimum atomic E-state index is -0.993. The molecule has 2 aromatic carbocycles. The summed E-state index contributed by atoms with van der Waals surface area (Å²) in [6, 6.07) is 8.15. The predicted molar refractivity (Wildman–Crippen MR) is 189 cm³/mol. The lowest BCUT2D eigenvalue weighted by Crippen LogP contribution is -2.56. The summed E-state index contributed by atoms with van der Waals surface area (Å²) >= 11 is 12.6. The Balaban J connectivity index is 1.04. The minimum absolute atomic E-state index is 0.0477. The molecule has 12 heteroatoms. The van der Waals surface area contributed by atoms with Crippen molar-refractivity contribution in [1.29, 1.82) is 0 Å². The zero-order valence-electron chi connectivity index (χ0n) is 27.5. The second kappa shape index (κ2) is 14.3. The van der Waals surface area contributed by atoms with Gasteiger partial charge in [0.1, 0.15) is 0 Å². The largest absolute Gasteiger partial charge is 0.436 e. The molecule has 48 heavy (non-hydrogen) atoms. The lowest BCUT2D eigenvalue weighted by atomic mass is 10.0. The highest BCUT2D eigenvalue weighted by molar-refractivity contribution is 6.42. The Hall–Kier alpha value is -3.31. The zero-order valence-corrected chi connectivity index (χ0v) is 29.0. The highest BCUT2D eigenvalue weighted by Gasteiger charge is 2.35. The quantitative estimate of drug-likeness (QED) is 0.409. The summed E-state index contributed by atoms with van der Waals surface area (Å²) in [6.07, 6.45) is 8.54. The van der Waals surface area contributed by atoms with E-state index in [4.69, 9.17) is 27.9 Å². The number of nitrogens with zero attached hydrogens (tertiary/aromatic N) is 4. The van der Waals surface area contributed by atoms with Crippen molar-refractivity contribution < 1.29 is 14.3 Å². The number of piperazine rings is 1. The Kier molecular flexibility index (Phi) is 9.87. The van der Waals surface area contributed by atoms with Crippen molar-refractivity contribution in [1.82, 2.24) is 29.6 Å². The number of aromatic amines is 1. The Morgan fingerprint density at radius 1 is 0.896 bits per heavy atom. The Morgan fingerprint density at radius 3 is 2.35 bits per heavy atom. The van der Waals surface area contributed by atoms with Crippen LogP contribution in [0.25, 0.3) is 23.2 Å². The molecule has 10 nitrogen and oxygen atoms in total. The fourth-order valence-electron chi connectivity index (χ4n) is 7.93. The summed E-state index contributed by atoms with van der Waals surface area (Å²) in [6.45, 7) is 7.64. The lowest BCUT2D eigenvalue weighted by molar-refractivity contribution is -0.143. The summed E-state index contributed by atoms with van der Waals surface area (Å²) in [4.78, 5) is 50.0. The van der Waals surface area contributed by atoms with Crippen LogP contribution in [0, 0.1) is 6.92 Å². The maximum absolute atomic E-state index is 14.0. The van der Waals surface area contributed by atoms with E-state index in [9.17, 15) is 14.4 Å². The molecule has 256 valence electrons. The standard InChI is InChI=1S/C36H44Cl2N6O4/c1-23-20-29(37)30(38)21-25(23)22-32(34(45)42-18-16-41(17-19-42)26-8-12-39-13-9-26)48-36(47)43-14-10-27(11-15-43)44-31-7-6-24-4-2-3-5-28(24)33(31)40-35(44)46/h4-7,20-21,26-27,32,39H,2-3,8-19,22H2,1H3,(H,40,46)/t32-/m1/s1. The molecule has 3 saturated heterocycles. The van der Waals surface area contributed by atoms with Crippen molar-refractivity contribution in [3.8, 4) is 0 Å². The van der Waals surface area contributed by atoms with Gasteiger partial charge in [-0.05, 0) is 93.1 Å². The molecule has 0 unspecified atom stereocenters. The molecule has 1 atom stereocenters. The van der Waals surface area contributed by atoms with E-state index in [0.717, 1.165) is 84.5 Å². The zero-order chi connectivity index (χ0) is 33.4. The van der Waals surface area contributed by atoms with E-state index in [1.807, 2.05) is 22.5 Å². The summed E-state index contributed by atoms with van der Waals surface area (Å²) in [7, 11) is 0. The lowest BCUT2D eigenvalue weighted by Gasteiger charge is -2.41. The van der Waals surface area contributed by atoms with Crippen molar-refractivity contribution in [2.45, 2.75) is 70.1 Å². The first-order chi connectivity index (χ1) is 23.3. The average molecular weight is 696 g/mol. The molecule has 3 aromatic rings. The Labute approximate surface area is 290 Å². The number of amides is 2. The summed E-state index contributed by atoms with van der Waals surface area (Å²) in [5.41, 5.74) is 3.36. The first-order valence-electron chi connectivity index (χ1n) is 17.3. The van der Waals surface area contributed by atoms with Crippen LogP contribution >= 0.6 is 23.2 Å². The summed E-state index contributed by atoms with van der Waals surface area (Å²) < 4.78 is 7.93. The van der Waals surface area contributed by atoms with Gasteiger partial charge in [-0.1, -0.05) is 41.4 Å². The second-order valence-electron chi connectivity index (χ2n) is 13.6. The molecule has 3 aliphatic heterocycles. The van der Waals surface area contributed by atoms with Gasteiger partial charge in [-0.2, -0.15) is 0 Å². The van der Waals surface area contributed by atoms with Gasteiger partial charge in [-0.25, -0.2) is 9.59 Å². The minimum Gasteiger partial charge on any atom is -0.436 e. The number of fused-ring (bicyclic) bond motifs is 3. The number of halogens is 2. The number of aryl methyl sites for hydroxylation is 1. The van der Waals surface area contributed by atoms with Crippen LogP contribution < -0.4 is 21.4 Å². The number of hydrogen-bond donors (Lipinski definition) is 2.